The predicted octanol–water partition coefficient (Wildman–Crippen LogP) is 2.35. The zero-order chi connectivity index (χ0) is 12.2. The Bertz CT molecular complexity index is 325. The van der Waals surface area contributed by atoms with Crippen LogP contribution in [0.15, 0.2) is 6.20 Å². The lowest BCUT2D eigenvalue weighted by Crippen LogP contribution is -2.19. The van der Waals surface area contributed by atoms with Crippen LogP contribution in [0.25, 0.3) is 0 Å². The summed E-state index contributed by atoms with van der Waals surface area (Å²) in [6.45, 7) is 10.8. The lowest BCUT2D eigenvalue weighted by molar-refractivity contribution is 0.722. The van der Waals surface area contributed by atoms with Crippen molar-refractivity contribution >= 4 is 11.8 Å². The molecule has 1 heterocycles. The first-order valence-corrected chi connectivity index (χ1v) is 6.71. The highest BCUT2D eigenvalue weighted by molar-refractivity contribution is 8.00. The molecule has 1 aromatic heterocycles. The van der Waals surface area contributed by atoms with Crippen molar-refractivity contribution in [2.45, 2.75) is 39.0 Å². The van der Waals surface area contributed by atoms with Crippen molar-refractivity contribution in [3.8, 4) is 0 Å². The zero-order valence-electron chi connectivity index (χ0n) is 11.0. The van der Waals surface area contributed by atoms with E-state index in [1.54, 1.807) is 0 Å². The molecule has 0 aliphatic carbocycles. The molecule has 0 atom stereocenters. The molecule has 92 valence electrons. The number of aryl methyl sites for hydroxylation is 2. The molecule has 0 unspecified atom stereocenters. The molecule has 0 spiro atoms. The molecule has 0 aromatic carbocycles. The first-order valence-electron chi connectivity index (χ1n) is 5.72. The first-order chi connectivity index (χ1) is 7.38. The Balaban J connectivity index is 2.19. The molecule has 0 radical (unpaired) electrons. The SMILES string of the molecule is Cc1nn(C)cc1CNCCSC(C)(C)C. The second-order valence-electron chi connectivity index (χ2n) is 5.05. The Morgan fingerprint density at radius 3 is 2.62 bits per heavy atom. The van der Waals surface area contributed by atoms with Crippen molar-refractivity contribution in [3.63, 3.8) is 0 Å². The highest BCUT2D eigenvalue weighted by atomic mass is 32.2. The lowest BCUT2D eigenvalue weighted by Gasteiger charge is -2.17. The summed E-state index contributed by atoms with van der Waals surface area (Å²) in [5.41, 5.74) is 2.42. The summed E-state index contributed by atoms with van der Waals surface area (Å²) < 4.78 is 2.24. The molecule has 3 nitrogen and oxygen atoms in total. The first kappa shape index (κ1) is 13.6. The maximum Gasteiger partial charge on any atom is 0.0638 e. The molecule has 0 aliphatic heterocycles. The van der Waals surface area contributed by atoms with Gasteiger partial charge in [0.1, 0.15) is 0 Å². The Hall–Kier alpha value is -0.480. The van der Waals surface area contributed by atoms with Gasteiger partial charge in [-0.1, -0.05) is 20.8 Å². The highest BCUT2D eigenvalue weighted by Crippen LogP contribution is 2.22. The summed E-state index contributed by atoms with van der Waals surface area (Å²) in [7, 11) is 1.96. The number of thioether (sulfide) groups is 1. The summed E-state index contributed by atoms with van der Waals surface area (Å²) in [5.74, 6) is 1.16. The third kappa shape index (κ3) is 5.03. The number of aromatic nitrogens is 2. The standard InChI is InChI=1S/C12H23N3S/c1-10-11(9-15(5)14-10)8-13-6-7-16-12(2,3)4/h9,13H,6-8H2,1-5H3. The smallest absolute Gasteiger partial charge is 0.0638 e. The Morgan fingerprint density at radius 2 is 2.12 bits per heavy atom. The van der Waals surface area contributed by atoms with Gasteiger partial charge in [0.2, 0.25) is 0 Å². The fourth-order valence-electron chi connectivity index (χ4n) is 1.47. The Kier molecular flexibility index (Phi) is 4.87. The summed E-state index contributed by atoms with van der Waals surface area (Å²) >= 11 is 1.99. The number of hydrogen-bond acceptors (Lipinski definition) is 3. The van der Waals surface area contributed by atoms with Crippen LogP contribution in [0.3, 0.4) is 0 Å². The van der Waals surface area contributed by atoms with Gasteiger partial charge < -0.3 is 5.32 Å². The van der Waals surface area contributed by atoms with E-state index in [4.69, 9.17) is 0 Å². The highest BCUT2D eigenvalue weighted by Gasteiger charge is 2.09. The maximum atomic E-state index is 4.32. The average molecular weight is 241 g/mol. The van der Waals surface area contributed by atoms with Crippen LogP contribution in [-0.2, 0) is 13.6 Å². The van der Waals surface area contributed by atoms with E-state index in [0.717, 1.165) is 24.5 Å². The monoisotopic (exact) mass is 241 g/mol. The minimum absolute atomic E-state index is 0.367. The van der Waals surface area contributed by atoms with Crippen molar-refractivity contribution in [3.05, 3.63) is 17.5 Å². The lowest BCUT2D eigenvalue weighted by atomic mass is 10.2. The van der Waals surface area contributed by atoms with Gasteiger partial charge in [0, 0.05) is 42.4 Å². The minimum Gasteiger partial charge on any atom is -0.312 e. The zero-order valence-corrected chi connectivity index (χ0v) is 11.8. The van der Waals surface area contributed by atoms with Crippen LogP contribution in [0.2, 0.25) is 0 Å². The predicted molar refractivity (Wildman–Crippen MR) is 71.9 cm³/mol. The molecule has 0 bridgehead atoms. The number of rotatable bonds is 5. The van der Waals surface area contributed by atoms with Crippen LogP contribution in [0.1, 0.15) is 32.0 Å². The quantitative estimate of drug-likeness (QED) is 0.803. The van der Waals surface area contributed by atoms with Gasteiger partial charge in [0.05, 0.1) is 5.69 Å². The number of nitrogens with zero attached hydrogens (tertiary/aromatic N) is 2. The summed E-state index contributed by atoms with van der Waals surface area (Å²) in [5, 5.41) is 7.77. The Labute approximate surface area is 103 Å². The molecule has 0 amide bonds. The van der Waals surface area contributed by atoms with Gasteiger partial charge in [-0.25, -0.2) is 0 Å². The topological polar surface area (TPSA) is 29.9 Å². The van der Waals surface area contributed by atoms with E-state index in [9.17, 15) is 0 Å². The molecule has 0 saturated heterocycles. The van der Waals surface area contributed by atoms with Crippen molar-refractivity contribution in [1.82, 2.24) is 15.1 Å². The van der Waals surface area contributed by atoms with E-state index in [1.807, 2.05) is 23.5 Å². The van der Waals surface area contributed by atoms with Gasteiger partial charge in [-0.2, -0.15) is 16.9 Å². The molecule has 4 heteroatoms. The third-order valence-electron chi connectivity index (χ3n) is 2.24. The van der Waals surface area contributed by atoms with Crippen LogP contribution in [0.5, 0.6) is 0 Å². The minimum atomic E-state index is 0.367. The van der Waals surface area contributed by atoms with Crippen molar-refractivity contribution < 1.29 is 0 Å². The summed E-state index contributed by atoms with van der Waals surface area (Å²) in [4.78, 5) is 0. The molecule has 0 aliphatic rings. The van der Waals surface area contributed by atoms with E-state index in [0.29, 0.717) is 4.75 Å². The van der Waals surface area contributed by atoms with E-state index in [-0.39, 0.29) is 0 Å². The molecule has 0 fully saturated rings. The normalized spacial score (nSPS) is 12.1. The number of hydrogen-bond donors (Lipinski definition) is 1. The van der Waals surface area contributed by atoms with Gasteiger partial charge in [0.25, 0.3) is 0 Å². The fourth-order valence-corrected chi connectivity index (χ4v) is 2.33. The van der Waals surface area contributed by atoms with Gasteiger partial charge in [-0.3, -0.25) is 4.68 Å². The van der Waals surface area contributed by atoms with E-state index in [2.05, 4.69) is 44.3 Å². The summed E-state index contributed by atoms with van der Waals surface area (Å²) in [6.07, 6.45) is 2.08. The van der Waals surface area contributed by atoms with E-state index >= 15 is 0 Å². The molecule has 16 heavy (non-hydrogen) atoms. The average Bonchev–Trinajstić information content (AvgIpc) is 2.42. The Morgan fingerprint density at radius 1 is 1.44 bits per heavy atom. The number of nitrogens with one attached hydrogen (secondary N) is 1. The van der Waals surface area contributed by atoms with Crippen molar-refractivity contribution in [2.75, 3.05) is 12.3 Å². The van der Waals surface area contributed by atoms with Gasteiger partial charge >= 0.3 is 0 Å². The maximum absolute atomic E-state index is 4.32. The van der Waals surface area contributed by atoms with Crippen LogP contribution < -0.4 is 5.32 Å². The van der Waals surface area contributed by atoms with E-state index < -0.39 is 0 Å². The molecule has 0 saturated carbocycles. The summed E-state index contributed by atoms with van der Waals surface area (Å²) in [6, 6.07) is 0. The van der Waals surface area contributed by atoms with E-state index in [1.165, 1.54) is 5.56 Å². The van der Waals surface area contributed by atoms with Crippen LogP contribution >= 0.6 is 11.8 Å². The molecular formula is C12H23N3S. The second kappa shape index (κ2) is 5.73. The van der Waals surface area contributed by atoms with Crippen LogP contribution in [0.4, 0.5) is 0 Å². The van der Waals surface area contributed by atoms with Gasteiger partial charge in [-0.05, 0) is 6.92 Å². The van der Waals surface area contributed by atoms with Crippen molar-refractivity contribution in [2.24, 2.45) is 7.05 Å². The molecular weight excluding hydrogens is 218 g/mol. The molecule has 1 N–H and O–H groups in total. The molecule has 1 rings (SSSR count). The second-order valence-corrected chi connectivity index (χ2v) is 6.97. The van der Waals surface area contributed by atoms with Gasteiger partial charge in [-0.15, -0.1) is 0 Å². The van der Waals surface area contributed by atoms with Crippen molar-refractivity contribution in [1.29, 1.82) is 0 Å². The largest absolute Gasteiger partial charge is 0.312 e. The molecule has 1 aromatic rings. The fraction of sp³-hybridized carbons (Fsp3) is 0.750. The van der Waals surface area contributed by atoms with Crippen LogP contribution in [-0.4, -0.2) is 26.8 Å². The van der Waals surface area contributed by atoms with Crippen LogP contribution in [0, 0.1) is 6.92 Å². The van der Waals surface area contributed by atoms with Gasteiger partial charge in [0.15, 0.2) is 0 Å². The third-order valence-corrected chi connectivity index (χ3v) is 3.52.